The van der Waals surface area contributed by atoms with Gasteiger partial charge in [0.05, 0.1) is 0 Å². The summed E-state index contributed by atoms with van der Waals surface area (Å²) in [6.07, 6.45) is 1.14. The highest BCUT2D eigenvalue weighted by molar-refractivity contribution is 9.10. The minimum Gasteiger partial charge on any atom is -0.0702 e. The Kier molecular flexibility index (Phi) is 7.28. The van der Waals surface area contributed by atoms with E-state index < -0.39 is 0 Å². The van der Waals surface area contributed by atoms with Gasteiger partial charge < -0.3 is 0 Å². The lowest BCUT2D eigenvalue weighted by Gasteiger charge is -2.36. The molecule has 0 nitrogen and oxygen atoms in total. The van der Waals surface area contributed by atoms with Crippen molar-refractivity contribution in [2.75, 3.05) is 0 Å². The minimum absolute atomic E-state index is 0.198. The lowest BCUT2D eigenvalue weighted by Crippen LogP contribution is -2.23. The van der Waals surface area contributed by atoms with E-state index in [0.29, 0.717) is 5.92 Å². The molecule has 2 aromatic carbocycles. The van der Waals surface area contributed by atoms with Crippen LogP contribution >= 0.6 is 39.1 Å². The van der Waals surface area contributed by atoms with E-state index in [2.05, 4.69) is 81.7 Å². The van der Waals surface area contributed by atoms with E-state index in [1.165, 1.54) is 5.56 Å². The smallest absolute Gasteiger partial charge is 0.0702 e. The summed E-state index contributed by atoms with van der Waals surface area (Å²) < 4.78 is 1.31. The third kappa shape index (κ3) is 6.38. The largest absolute Gasteiger partial charge is 0.115 e. The van der Waals surface area contributed by atoms with E-state index in [0.717, 1.165) is 27.6 Å². The van der Waals surface area contributed by atoms with Crippen LogP contribution in [0.5, 0.6) is 0 Å². The molecule has 0 aromatic heterocycles. The first-order valence-electron chi connectivity index (χ1n) is 9.30. The zero-order chi connectivity index (χ0) is 20.4. The maximum atomic E-state index is 6.25. The van der Waals surface area contributed by atoms with Crippen LogP contribution in [0.15, 0.2) is 57.5 Å². The second kappa shape index (κ2) is 8.72. The van der Waals surface area contributed by atoms with Crippen molar-refractivity contribution < 1.29 is 0 Å². The van der Waals surface area contributed by atoms with Crippen LogP contribution in [0.4, 0.5) is 0 Å². The number of hydrogen-bond acceptors (Lipinski definition) is 0. The maximum absolute atomic E-state index is 6.25. The average Bonchev–Trinajstić information content (AvgIpc) is 2.53. The average molecular weight is 468 g/mol. The predicted octanol–water partition coefficient (Wildman–Crippen LogP) is 9.21. The number of hydrogen-bond donors (Lipinski definition) is 0. The highest BCUT2D eigenvalue weighted by atomic mass is 79.9. The summed E-state index contributed by atoms with van der Waals surface area (Å²) in [6, 6.07) is 16.8. The molecular formula is C24H29BrCl2. The van der Waals surface area contributed by atoms with Crippen molar-refractivity contribution in [3.8, 4) is 0 Å². The molecule has 0 radical (unpaired) electrons. The molecule has 27 heavy (non-hydrogen) atoms. The highest BCUT2D eigenvalue weighted by Crippen LogP contribution is 2.43. The van der Waals surface area contributed by atoms with Crippen LogP contribution < -0.4 is 0 Å². The molecule has 3 heteroatoms. The molecule has 0 bridgehead atoms. The lowest BCUT2D eigenvalue weighted by atomic mass is 9.69. The molecule has 1 unspecified atom stereocenters. The van der Waals surface area contributed by atoms with Crippen LogP contribution in [0, 0.1) is 10.8 Å². The molecule has 0 saturated carbocycles. The molecule has 0 aliphatic heterocycles. The first kappa shape index (κ1) is 22.5. The summed E-state index contributed by atoms with van der Waals surface area (Å²) >= 11 is 16.0. The summed E-state index contributed by atoms with van der Waals surface area (Å²) in [5.41, 5.74) is 4.74. The third-order valence-corrected chi connectivity index (χ3v) is 5.69. The van der Waals surface area contributed by atoms with Crippen LogP contribution in [0.25, 0.3) is 5.57 Å². The number of rotatable bonds is 4. The van der Waals surface area contributed by atoms with Crippen molar-refractivity contribution in [2.45, 2.75) is 53.9 Å². The van der Waals surface area contributed by atoms with Gasteiger partial charge in [-0.2, -0.15) is 0 Å². The zero-order valence-corrected chi connectivity index (χ0v) is 20.1. The third-order valence-electron chi connectivity index (χ3n) is 4.79. The summed E-state index contributed by atoms with van der Waals surface area (Å²) in [7, 11) is 0. The van der Waals surface area contributed by atoms with Crippen molar-refractivity contribution >= 4 is 44.7 Å². The molecule has 0 heterocycles. The van der Waals surface area contributed by atoms with Crippen molar-refractivity contribution in [1.29, 1.82) is 0 Å². The van der Waals surface area contributed by atoms with Gasteiger partial charge in [-0.1, -0.05) is 117 Å². The fourth-order valence-corrected chi connectivity index (χ4v) is 4.12. The molecule has 0 amide bonds. The van der Waals surface area contributed by atoms with Gasteiger partial charge in [0, 0.05) is 10.0 Å². The van der Waals surface area contributed by atoms with E-state index in [4.69, 9.17) is 23.2 Å². The molecule has 2 aromatic rings. The first-order valence-corrected chi connectivity index (χ1v) is 10.8. The first-order chi connectivity index (χ1) is 12.4. The minimum atomic E-state index is 0.198. The molecule has 0 aliphatic rings. The molecule has 0 fully saturated rings. The van der Waals surface area contributed by atoms with Crippen molar-refractivity contribution in [3.05, 3.63) is 74.2 Å². The SMILES string of the molecule is CC(C)(C)CC(c1ccc(C(=C(Cl)Cl)c2ccc(Br)cc2)cc1)C(C)(C)C. The normalized spacial score (nSPS) is 13.4. The second-order valence-electron chi connectivity index (χ2n) is 9.45. The summed E-state index contributed by atoms with van der Waals surface area (Å²) in [6.45, 7) is 13.9. The Balaban J connectivity index is 2.42. The Hall–Kier alpha value is -0.760. The van der Waals surface area contributed by atoms with Crippen LogP contribution in [-0.4, -0.2) is 0 Å². The lowest BCUT2D eigenvalue weighted by molar-refractivity contribution is 0.229. The van der Waals surface area contributed by atoms with Gasteiger partial charge in [-0.25, -0.2) is 0 Å². The van der Waals surface area contributed by atoms with Gasteiger partial charge in [0.2, 0.25) is 0 Å². The van der Waals surface area contributed by atoms with Crippen molar-refractivity contribution in [2.24, 2.45) is 10.8 Å². The molecule has 0 spiro atoms. The van der Waals surface area contributed by atoms with Gasteiger partial charge >= 0.3 is 0 Å². The number of halogens is 3. The molecule has 146 valence electrons. The standard InChI is InChI=1S/C24H29BrCl2/c1-23(2,3)15-20(24(4,5)6)16-7-9-17(10-8-16)21(22(26)27)18-11-13-19(25)14-12-18/h7-14,20H,15H2,1-6H3. The highest BCUT2D eigenvalue weighted by Gasteiger charge is 2.30. The Morgan fingerprint density at radius 1 is 0.815 bits per heavy atom. The monoisotopic (exact) mass is 466 g/mol. The van der Waals surface area contributed by atoms with Gasteiger partial charge in [0.1, 0.15) is 4.49 Å². The summed E-state index contributed by atoms with van der Waals surface area (Å²) in [5, 5.41) is 0. The fraction of sp³-hybridized carbons (Fsp3) is 0.417. The zero-order valence-electron chi connectivity index (χ0n) is 17.0. The number of benzene rings is 2. The second-order valence-corrected chi connectivity index (χ2v) is 11.3. The predicted molar refractivity (Wildman–Crippen MR) is 125 cm³/mol. The molecule has 0 aliphatic carbocycles. The van der Waals surface area contributed by atoms with Gasteiger partial charge in [-0.3, -0.25) is 0 Å². The Bertz CT molecular complexity index is 784. The summed E-state index contributed by atoms with van der Waals surface area (Å²) in [5.74, 6) is 0.484. The molecule has 0 saturated heterocycles. The molecular weight excluding hydrogens is 439 g/mol. The summed E-state index contributed by atoms with van der Waals surface area (Å²) in [4.78, 5) is 0. The molecule has 0 N–H and O–H groups in total. The van der Waals surface area contributed by atoms with Crippen LogP contribution in [0.3, 0.4) is 0 Å². The Morgan fingerprint density at radius 3 is 1.63 bits per heavy atom. The van der Waals surface area contributed by atoms with Crippen LogP contribution in [-0.2, 0) is 0 Å². The Labute approximate surface area is 183 Å². The van der Waals surface area contributed by atoms with E-state index in [-0.39, 0.29) is 15.3 Å². The van der Waals surface area contributed by atoms with Gasteiger partial charge in [-0.05, 0) is 52.0 Å². The van der Waals surface area contributed by atoms with Crippen molar-refractivity contribution in [1.82, 2.24) is 0 Å². The van der Waals surface area contributed by atoms with Gasteiger partial charge in [0.15, 0.2) is 0 Å². The molecule has 1 atom stereocenters. The maximum Gasteiger partial charge on any atom is 0.115 e. The topological polar surface area (TPSA) is 0 Å². The van der Waals surface area contributed by atoms with Gasteiger partial charge in [0.25, 0.3) is 0 Å². The van der Waals surface area contributed by atoms with E-state index >= 15 is 0 Å². The van der Waals surface area contributed by atoms with E-state index in [1.54, 1.807) is 0 Å². The van der Waals surface area contributed by atoms with Crippen LogP contribution in [0.1, 0.15) is 70.6 Å². The fourth-order valence-electron chi connectivity index (χ4n) is 3.42. The molecule has 2 rings (SSSR count). The quantitative estimate of drug-likeness (QED) is 0.420. The van der Waals surface area contributed by atoms with E-state index in [9.17, 15) is 0 Å². The van der Waals surface area contributed by atoms with E-state index in [1.807, 2.05) is 24.3 Å². The van der Waals surface area contributed by atoms with Gasteiger partial charge in [-0.15, -0.1) is 0 Å². The van der Waals surface area contributed by atoms with Crippen LogP contribution in [0.2, 0.25) is 0 Å². The van der Waals surface area contributed by atoms with Crippen molar-refractivity contribution in [3.63, 3.8) is 0 Å². The Morgan fingerprint density at radius 2 is 1.26 bits per heavy atom.